The Morgan fingerprint density at radius 1 is 0.917 bits per heavy atom. The van der Waals surface area contributed by atoms with E-state index in [1.165, 1.54) is 0 Å². The Hall–Kier alpha value is -2.89. The van der Waals surface area contributed by atoms with Crippen LogP contribution in [0.5, 0.6) is 17.2 Å². The molecule has 0 aliphatic carbocycles. The normalized spacial score (nSPS) is 11.3. The predicted molar refractivity (Wildman–Crippen MR) is 93.1 cm³/mol. The molecule has 2 aromatic rings. The number of anilines is 1. The minimum atomic E-state index is -0.289. The largest absolute Gasteiger partial charge is 0.497 e. The van der Waals surface area contributed by atoms with Crippen LogP contribution in [-0.2, 0) is 0 Å². The van der Waals surface area contributed by atoms with E-state index in [0.717, 1.165) is 11.3 Å². The first-order chi connectivity index (χ1) is 11.6. The van der Waals surface area contributed by atoms with Crippen molar-refractivity contribution in [3.8, 4) is 17.2 Å². The van der Waals surface area contributed by atoms with Crippen molar-refractivity contribution < 1.29 is 19.0 Å². The summed E-state index contributed by atoms with van der Waals surface area (Å²) in [6.07, 6.45) is 0. The predicted octanol–water partition coefficient (Wildman–Crippen LogP) is 3.60. The molecule has 2 aromatic carbocycles. The van der Waals surface area contributed by atoms with Crippen molar-refractivity contribution in [3.05, 3.63) is 48.0 Å². The second-order valence-electron chi connectivity index (χ2n) is 5.16. The van der Waals surface area contributed by atoms with Gasteiger partial charge in [0.15, 0.2) is 11.5 Å². The number of carbonyl (C=O) groups excluding carboxylic acids is 1. The van der Waals surface area contributed by atoms with E-state index in [1.807, 2.05) is 25.1 Å². The average molecular weight is 330 g/mol. The van der Waals surface area contributed by atoms with Crippen LogP contribution < -0.4 is 24.8 Å². The van der Waals surface area contributed by atoms with E-state index in [2.05, 4.69) is 10.6 Å². The van der Waals surface area contributed by atoms with Gasteiger partial charge in [0.25, 0.3) is 0 Å². The van der Waals surface area contributed by atoms with Gasteiger partial charge < -0.3 is 24.8 Å². The average Bonchev–Trinajstić information content (AvgIpc) is 2.61. The second-order valence-corrected chi connectivity index (χ2v) is 5.16. The van der Waals surface area contributed by atoms with Crippen molar-refractivity contribution in [2.75, 3.05) is 26.6 Å². The molecule has 0 radical (unpaired) electrons. The van der Waals surface area contributed by atoms with E-state index in [-0.39, 0.29) is 12.1 Å². The molecule has 1 unspecified atom stereocenters. The third kappa shape index (κ3) is 4.32. The number of amides is 2. The van der Waals surface area contributed by atoms with Crippen molar-refractivity contribution in [2.24, 2.45) is 0 Å². The first kappa shape index (κ1) is 17.5. The molecule has 0 heterocycles. The molecule has 128 valence electrons. The van der Waals surface area contributed by atoms with Gasteiger partial charge in [-0.25, -0.2) is 4.79 Å². The fraction of sp³-hybridized carbons (Fsp3) is 0.278. The monoisotopic (exact) mass is 330 g/mol. The Balaban J connectivity index is 2.00. The van der Waals surface area contributed by atoms with Crippen LogP contribution >= 0.6 is 0 Å². The Morgan fingerprint density at radius 2 is 1.58 bits per heavy atom. The summed E-state index contributed by atoms with van der Waals surface area (Å²) in [5.41, 5.74) is 1.60. The summed E-state index contributed by atoms with van der Waals surface area (Å²) in [4.78, 5) is 12.1. The molecule has 0 aliphatic rings. The fourth-order valence-corrected chi connectivity index (χ4v) is 2.24. The maximum absolute atomic E-state index is 12.1. The molecule has 0 aliphatic heterocycles. The number of hydrogen-bond donors (Lipinski definition) is 2. The second kappa shape index (κ2) is 8.10. The maximum Gasteiger partial charge on any atom is 0.319 e. The highest BCUT2D eigenvalue weighted by Crippen LogP contribution is 2.29. The Morgan fingerprint density at radius 3 is 2.17 bits per heavy atom. The summed E-state index contributed by atoms with van der Waals surface area (Å²) >= 11 is 0. The van der Waals surface area contributed by atoms with Gasteiger partial charge in [-0.05, 0) is 48.9 Å². The summed E-state index contributed by atoms with van der Waals surface area (Å²) < 4.78 is 15.6. The molecule has 2 N–H and O–H groups in total. The van der Waals surface area contributed by atoms with Gasteiger partial charge >= 0.3 is 6.03 Å². The van der Waals surface area contributed by atoms with Crippen molar-refractivity contribution in [1.29, 1.82) is 0 Å². The number of methoxy groups -OCH3 is 3. The number of urea groups is 1. The van der Waals surface area contributed by atoms with Crippen LogP contribution in [0.4, 0.5) is 10.5 Å². The van der Waals surface area contributed by atoms with Crippen LogP contribution in [0.25, 0.3) is 0 Å². The molecule has 2 amide bonds. The van der Waals surface area contributed by atoms with Gasteiger partial charge in [-0.15, -0.1) is 0 Å². The highest BCUT2D eigenvalue weighted by Gasteiger charge is 2.12. The van der Waals surface area contributed by atoms with Crippen LogP contribution in [0.2, 0.25) is 0 Å². The third-order valence-corrected chi connectivity index (χ3v) is 3.60. The number of hydrogen-bond acceptors (Lipinski definition) is 4. The Bertz CT molecular complexity index is 686. The van der Waals surface area contributed by atoms with Gasteiger partial charge in [-0.3, -0.25) is 0 Å². The van der Waals surface area contributed by atoms with Crippen LogP contribution in [0.1, 0.15) is 18.5 Å². The minimum absolute atomic E-state index is 0.192. The van der Waals surface area contributed by atoms with Gasteiger partial charge in [0.1, 0.15) is 5.75 Å². The Kier molecular flexibility index (Phi) is 5.89. The SMILES string of the molecule is COc1ccc(NC(=O)NC(C)c2ccc(OC)c(OC)c2)cc1. The summed E-state index contributed by atoms with van der Waals surface area (Å²) in [5, 5.41) is 5.67. The van der Waals surface area contributed by atoms with Crippen molar-refractivity contribution >= 4 is 11.7 Å². The maximum atomic E-state index is 12.1. The van der Waals surface area contributed by atoms with Crippen LogP contribution in [0.15, 0.2) is 42.5 Å². The minimum Gasteiger partial charge on any atom is -0.497 e. The molecule has 0 spiro atoms. The standard InChI is InChI=1S/C18H22N2O4/c1-12(13-5-10-16(23-3)17(11-13)24-4)19-18(21)20-14-6-8-15(22-2)9-7-14/h5-12H,1-4H3,(H2,19,20,21). The summed E-state index contributed by atoms with van der Waals surface area (Å²) in [6.45, 7) is 1.90. The van der Waals surface area contributed by atoms with E-state index in [4.69, 9.17) is 14.2 Å². The molecule has 0 aromatic heterocycles. The van der Waals surface area contributed by atoms with Gasteiger partial charge in [0, 0.05) is 5.69 Å². The zero-order chi connectivity index (χ0) is 17.5. The highest BCUT2D eigenvalue weighted by atomic mass is 16.5. The van der Waals surface area contributed by atoms with Gasteiger partial charge in [0.05, 0.1) is 27.4 Å². The first-order valence-electron chi connectivity index (χ1n) is 7.51. The molecule has 2 rings (SSSR count). The molecule has 1 atom stereocenters. The molecule has 24 heavy (non-hydrogen) atoms. The lowest BCUT2D eigenvalue weighted by Crippen LogP contribution is -2.31. The first-order valence-corrected chi connectivity index (χ1v) is 7.51. The lowest BCUT2D eigenvalue weighted by molar-refractivity contribution is 0.249. The number of carbonyl (C=O) groups is 1. The lowest BCUT2D eigenvalue weighted by Gasteiger charge is -2.17. The molecule has 0 saturated carbocycles. The van der Waals surface area contributed by atoms with E-state index < -0.39 is 0 Å². The van der Waals surface area contributed by atoms with E-state index in [0.29, 0.717) is 17.2 Å². The molecule has 0 bridgehead atoms. The Labute approximate surface area is 141 Å². The molecule has 6 nitrogen and oxygen atoms in total. The highest BCUT2D eigenvalue weighted by molar-refractivity contribution is 5.89. The molecule has 6 heteroatoms. The molecular weight excluding hydrogens is 308 g/mol. The van der Waals surface area contributed by atoms with E-state index in [1.54, 1.807) is 45.6 Å². The van der Waals surface area contributed by atoms with Crippen LogP contribution in [0.3, 0.4) is 0 Å². The number of nitrogens with one attached hydrogen (secondary N) is 2. The fourth-order valence-electron chi connectivity index (χ4n) is 2.24. The van der Waals surface area contributed by atoms with Crippen LogP contribution in [-0.4, -0.2) is 27.4 Å². The summed E-state index contributed by atoms with van der Waals surface area (Å²) in [5.74, 6) is 2.01. The van der Waals surface area contributed by atoms with E-state index >= 15 is 0 Å². The van der Waals surface area contributed by atoms with Crippen LogP contribution in [0, 0.1) is 0 Å². The van der Waals surface area contributed by atoms with Crippen molar-refractivity contribution in [1.82, 2.24) is 5.32 Å². The van der Waals surface area contributed by atoms with Gasteiger partial charge in [-0.1, -0.05) is 6.07 Å². The summed E-state index contributed by atoms with van der Waals surface area (Å²) in [7, 11) is 4.76. The number of benzene rings is 2. The summed E-state index contributed by atoms with van der Waals surface area (Å²) in [6, 6.07) is 12.2. The van der Waals surface area contributed by atoms with Crippen molar-refractivity contribution in [2.45, 2.75) is 13.0 Å². The van der Waals surface area contributed by atoms with Gasteiger partial charge in [0.2, 0.25) is 0 Å². The molecule has 0 fully saturated rings. The third-order valence-electron chi connectivity index (χ3n) is 3.60. The quantitative estimate of drug-likeness (QED) is 0.849. The number of ether oxygens (including phenoxy) is 3. The van der Waals surface area contributed by atoms with Gasteiger partial charge in [-0.2, -0.15) is 0 Å². The topological polar surface area (TPSA) is 68.8 Å². The van der Waals surface area contributed by atoms with E-state index in [9.17, 15) is 4.79 Å². The smallest absolute Gasteiger partial charge is 0.319 e. The molecule has 0 saturated heterocycles. The van der Waals surface area contributed by atoms with Crippen molar-refractivity contribution in [3.63, 3.8) is 0 Å². The number of rotatable bonds is 6. The molecular formula is C18H22N2O4. The zero-order valence-electron chi connectivity index (χ0n) is 14.3. The zero-order valence-corrected chi connectivity index (χ0v) is 14.3. The lowest BCUT2D eigenvalue weighted by atomic mass is 10.1.